The van der Waals surface area contributed by atoms with Gasteiger partial charge in [-0.1, -0.05) is 18.2 Å². The zero-order valence-electron chi connectivity index (χ0n) is 15.9. The minimum Gasteiger partial charge on any atom is -0.492 e. The van der Waals surface area contributed by atoms with Gasteiger partial charge in [-0.3, -0.25) is 4.79 Å². The van der Waals surface area contributed by atoms with Crippen molar-refractivity contribution in [3.63, 3.8) is 0 Å². The minimum atomic E-state index is -4.34. The molecule has 4 rings (SSSR count). The summed E-state index contributed by atoms with van der Waals surface area (Å²) >= 11 is 1.69. The van der Waals surface area contributed by atoms with Gasteiger partial charge in [0.05, 0.1) is 17.1 Å². The van der Waals surface area contributed by atoms with E-state index in [0.29, 0.717) is 50.2 Å². The van der Waals surface area contributed by atoms with E-state index in [-0.39, 0.29) is 11.7 Å². The molecule has 7 heteroatoms. The molecule has 1 atom stereocenters. The molecule has 0 aliphatic carbocycles. The zero-order valence-corrected chi connectivity index (χ0v) is 16.7. The predicted molar refractivity (Wildman–Crippen MR) is 107 cm³/mol. The topological polar surface area (TPSA) is 29.5 Å². The van der Waals surface area contributed by atoms with Crippen molar-refractivity contribution in [1.29, 1.82) is 0 Å². The van der Waals surface area contributed by atoms with Crippen LogP contribution in [0.3, 0.4) is 0 Å². The molecule has 0 saturated carbocycles. The first-order valence-corrected chi connectivity index (χ1v) is 10.7. The van der Waals surface area contributed by atoms with Crippen molar-refractivity contribution in [3.8, 4) is 5.75 Å². The first-order valence-electron chi connectivity index (χ1n) is 9.73. The van der Waals surface area contributed by atoms with Gasteiger partial charge in [-0.05, 0) is 48.7 Å². The molecule has 1 fully saturated rings. The number of benzene rings is 2. The van der Waals surface area contributed by atoms with Crippen molar-refractivity contribution in [2.45, 2.75) is 29.8 Å². The first-order chi connectivity index (χ1) is 13.9. The van der Waals surface area contributed by atoms with E-state index < -0.39 is 11.7 Å². The highest BCUT2D eigenvalue weighted by molar-refractivity contribution is 7.99. The monoisotopic (exact) mass is 421 g/mol. The predicted octanol–water partition coefficient (Wildman–Crippen LogP) is 5.25. The Bertz CT molecular complexity index is 900. The van der Waals surface area contributed by atoms with Crippen LogP contribution in [-0.2, 0) is 6.18 Å². The average Bonchev–Trinajstić information content (AvgIpc) is 3.20. The molecule has 2 aliphatic heterocycles. The first kappa shape index (κ1) is 20.3. The Morgan fingerprint density at radius 1 is 1.21 bits per heavy atom. The average molecular weight is 421 g/mol. The van der Waals surface area contributed by atoms with Gasteiger partial charge in [-0.15, -0.1) is 11.8 Å². The van der Waals surface area contributed by atoms with E-state index in [1.54, 1.807) is 30.0 Å². The second-order valence-electron chi connectivity index (χ2n) is 7.40. The normalized spacial score (nSPS) is 19.6. The summed E-state index contributed by atoms with van der Waals surface area (Å²) in [6.45, 7) is 2.50. The third-order valence-corrected chi connectivity index (χ3v) is 6.50. The number of alkyl halides is 3. The standard InChI is InChI=1S/C22H22F3NO2S/c23-22(24,25)18-4-2-1-3-17(18)16-7-9-26(14-16)10-8-19(27)15-5-6-20-21(13-15)29-12-11-28-20/h1-6,13,16H,7-12,14H2. The van der Waals surface area contributed by atoms with Crippen molar-refractivity contribution < 1.29 is 22.7 Å². The molecule has 2 heterocycles. The molecule has 0 aromatic heterocycles. The number of ether oxygens (including phenoxy) is 1. The second-order valence-corrected chi connectivity index (χ2v) is 8.54. The number of Topliss-reactive ketones (excluding diaryl/α,β-unsaturated/α-hetero) is 1. The number of fused-ring (bicyclic) bond motifs is 1. The van der Waals surface area contributed by atoms with Gasteiger partial charge in [0.25, 0.3) is 0 Å². The van der Waals surface area contributed by atoms with Crippen LogP contribution in [0.15, 0.2) is 47.4 Å². The van der Waals surface area contributed by atoms with E-state index in [1.165, 1.54) is 6.07 Å². The fraction of sp³-hybridized carbons (Fsp3) is 0.409. The van der Waals surface area contributed by atoms with Gasteiger partial charge in [-0.2, -0.15) is 13.2 Å². The largest absolute Gasteiger partial charge is 0.492 e. The van der Waals surface area contributed by atoms with Crippen LogP contribution in [0, 0.1) is 0 Å². The molecule has 0 amide bonds. The molecular formula is C22H22F3NO2S. The number of nitrogens with zero attached hydrogens (tertiary/aromatic N) is 1. The molecule has 2 aromatic rings. The molecule has 0 N–H and O–H groups in total. The van der Waals surface area contributed by atoms with E-state index in [2.05, 4.69) is 4.90 Å². The highest BCUT2D eigenvalue weighted by Gasteiger charge is 2.36. The number of rotatable bonds is 5. The zero-order chi connectivity index (χ0) is 20.4. The SMILES string of the molecule is O=C(CCN1CCC(c2ccccc2C(F)(F)F)C1)c1ccc2c(c1)SCCO2. The second kappa shape index (κ2) is 8.40. The third kappa shape index (κ3) is 4.61. The van der Waals surface area contributed by atoms with Gasteiger partial charge in [-0.25, -0.2) is 0 Å². The lowest BCUT2D eigenvalue weighted by Gasteiger charge is -2.19. The fourth-order valence-electron chi connectivity index (χ4n) is 4.02. The van der Waals surface area contributed by atoms with Crippen LogP contribution in [0.4, 0.5) is 13.2 Å². The summed E-state index contributed by atoms with van der Waals surface area (Å²) in [5, 5.41) is 0. The molecule has 2 aliphatic rings. The van der Waals surface area contributed by atoms with Crippen molar-refractivity contribution in [2.75, 3.05) is 32.0 Å². The number of thioether (sulfide) groups is 1. The van der Waals surface area contributed by atoms with Crippen molar-refractivity contribution in [1.82, 2.24) is 4.90 Å². The minimum absolute atomic E-state index is 0.0538. The van der Waals surface area contributed by atoms with E-state index in [9.17, 15) is 18.0 Å². The summed E-state index contributed by atoms with van der Waals surface area (Å²) in [7, 11) is 0. The summed E-state index contributed by atoms with van der Waals surface area (Å²) in [6, 6.07) is 11.3. The highest BCUT2D eigenvalue weighted by Crippen LogP contribution is 2.38. The maximum absolute atomic E-state index is 13.3. The smallest absolute Gasteiger partial charge is 0.416 e. The third-order valence-electron chi connectivity index (χ3n) is 5.50. The van der Waals surface area contributed by atoms with Gasteiger partial charge in [0.1, 0.15) is 5.75 Å². The summed E-state index contributed by atoms with van der Waals surface area (Å²) in [4.78, 5) is 15.7. The van der Waals surface area contributed by atoms with Crippen LogP contribution in [-0.4, -0.2) is 42.7 Å². The maximum Gasteiger partial charge on any atom is 0.416 e. The summed E-state index contributed by atoms with van der Waals surface area (Å²) in [5.74, 6) is 1.60. The number of hydrogen-bond acceptors (Lipinski definition) is 4. The number of halogens is 3. The van der Waals surface area contributed by atoms with Crippen LogP contribution in [0.1, 0.15) is 40.2 Å². The van der Waals surface area contributed by atoms with Gasteiger partial charge in [0.15, 0.2) is 5.78 Å². The van der Waals surface area contributed by atoms with Crippen molar-refractivity contribution in [2.24, 2.45) is 0 Å². The molecule has 2 aromatic carbocycles. The van der Waals surface area contributed by atoms with Gasteiger partial charge in [0.2, 0.25) is 0 Å². The lowest BCUT2D eigenvalue weighted by atomic mass is 9.93. The Kier molecular flexibility index (Phi) is 5.88. The van der Waals surface area contributed by atoms with Crippen molar-refractivity contribution in [3.05, 3.63) is 59.2 Å². The van der Waals surface area contributed by atoms with Gasteiger partial charge in [0, 0.05) is 30.8 Å². The van der Waals surface area contributed by atoms with Crippen LogP contribution in [0.5, 0.6) is 5.75 Å². The molecule has 1 saturated heterocycles. The number of ketones is 1. The number of carbonyl (C=O) groups excluding carboxylic acids is 1. The number of carbonyl (C=O) groups is 1. The molecular weight excluding hydrogens is 399 g/mol. The maximum atomic E-state index is 13.3. The van der Waals surface area contributed by atoms with Crippen LogP contribution >= 0.6 is 11.8 Å². The van der Waals surface area contributed by atoms with E-state index in [4.69, 9.17) is 4.74 Å². The molecule has 1 unspecified atom stereocenters. The van der Waals surface area contributed by atoms with E-state index in [0.717, 1.165) is 22.5 Å². The quantitative estimate of drug-likeness (QED) is 0.617. The number of hydrogen-bond donors (Lipinski definition) is 0. The summed E-state index contributed by atoms with van der Waals surface area (Å²) in [5.41, 5.74) is 0.483. The van der Waals surface area contributed by atoms with E-state index in [1.807, 2.05) is 12.1 Å². The molecule has 0 spiro atoms. The summed E-state index contributed by atoms with van der Waals surface area (Å²) in [6.07, 6.45) is -3.31. The highest BCUT2D eigenvalue weighted by atomic mass is 32.2. The van der Waals surface area contributed by atoms with Gasteiger partial charge < -0.3 is 9.64 Å². The summed E-state index contributed by atoms with van der Waals surface area (Å²) < 4.78 is 45.4. The fourth-order valence-corrected chi connectivity index (χ4v) is 4.89. The van der Waals surface area contributed by atoms with Crippen LogP contribution in [0.2, 0.25) is 0 Å². The molecule has 3 nitrogen and oxygen atoms in total. The van der Waals surface area contributed by atoms with Crippen molar-refractivity contribution >= 4 is 17.5 Å². The lowest BCUT2D eigenvalue weighted by molar-refractivity contribution is -0.138. The van der Waals surface area contributed by atoms with Crippen LogP contribution < -0.4 is 4.74 Å². The Morgan fingerprint density at radius 2 is 2.03 bits per heavy atom. The Hall–Kier alpha value is -1.99. The molecule has 0 radical (unpaired) electrons. The molecule has 154 valence electrons. The Morgan fingerprint density at radius 3 is 2.86 bits per heavy atom. The molecule has 29 heavy (non-hydrogen) atoms. The Balaban J connectivity index is 1.36. The molecule has 0 bridgehead atoms. The lowest BCUT2D eigenvalue weighted by Crippen LogP contribution is -2.24. The van der Waals surface area contributed by atoms with Crippen LogP contribution in [0.25, 0.3) is 0 Å². The number of likely N-dealkylation sites (tertiary alicyclic amines) is 1. The van der Waals surface area contributed by atoms with E-state index >= 15 is 0 Å². The van der Waals surface area contributed by atoms with Gasteiger partial charge >= 0.3 is 6.18 Å². The Labute approximate surface area is 172 Å².